The highest BCUT2D eigenvalue weighted by molar-refractivity contribution is 7.91. The molecule has 1 unspecified atom stereocenters. The second kappa shape index (κ2) is 6.21. The first kappa shape index (κ1) is 17.0. The summed E-state index contributed by atoms with van der Waals surface area (Å²) in [5.41, 5.74) is 1.49. The average molecular weight is 360 g/mol. The molecule has 0 saturated carbocycles. The number of hydrogen-bond donors (Lipinski definition) is 3. The van der Waals surface area contributed by atoms with Crippen LogP contribution in [0.2, 0.25) is 0 Å². The Labute approximate surface area is 144 Å². The first-order chi connectivity index (χ1) is 11.8. The minimum atomic E-state index is -3.80. The highest BCUT2D eigenvalue weighted by Crippen LogP contribution is 2.34. The molecule has 0 bridgehead atoms. The molecule has 0 spiro atoms. The molecule has 130 valence electrons. The number of sulfone groups is 1. The smallest absolute Gasteiger partial charge is 0.326 e. The normalized spacial score (nSPS) is 16.0. The van der Waals surface area contributed by atoms with E-state index in [1.165, 1.54) is 37.3 Å². The van der Waals surface area contributed by atoms with Crippen LogP contribution in [0.15, 0.2) is 52.3 Å². The van der Waals surface area contributed by atoms with Crippen LogP contribution in [0.25, 0.3) is 0 Å². The molecule has 1 aliphatic rings. The second-order valence-electron chi connectivity index (χ2n) is 5.73. The number of carboxylic acids is 1. The van der Waals surface area contributed by atoms with Gasteiger partial charge in [-0.15, -0.1) is 0 Å². The molecule has 0 aromatic heterocycles. The Kier molecular flexibility index (Phi) is 4.22. The molecule has 0 saturated heterocycles. The topological polar surface area (TPSA) is 113 Å². The minimum absolute atomic E-state index is 0.0776. The molecule has 2 aromatic rings. The summed E-state index contributed by atoms with van der Waals surface area (Å²) in [5, 5.41) is 14.5. The number of carbonyl (C=O) groups is 2. The van der Waals surface area contributed by atoms with Gasteiger partial charge in [-0.25, -0.2) is 13.2 Å². The number of benzene rings is 2. The van der Waals surface area contributed by atoms with Crippen LogP contribution in [-0.4, -0.2) is 31.4 Å². The zero-order valence-electron chi connectivity index (χ0n) is 13.3. The first-order valence-corrected chi connectivity index (χ1v) is 9.01. The highest BCUT2D eigenvalue weighted by Gasteiger charge is 2.32. The van der Waals surface area contributed by atoms with Crippen molar-refractivity contribution < 1.29 is 23.1 Å². The van der Waals surface area contributed by atoms with Crippen molar-refractivity contribution >= 4 is 33.1 Å². The summed E-state index contributed by atoms with van der Waals surface area (Å²) in [6, 6.07) is 9.72. The number of carboxylic acid groups (broad SMARTS) is 1. The zero-order valence-corrected chi connectivity index (χ0v) is 14.1. The number of fused-ring (bicyclic) bond motifs is 1. The Morgan fingerprint density at radius 1 is 1.16 bits per heavy atom. The molecule has 3 rings (SSSR count). The molecule has 3 N–H and O–H groups in total. The van der Waals surface area contributed by atoms with E-state index in [0.717, 1.165) is 0 Å². The largest absolute Gasteiger partial charge is 0.480 e. The lowest BCUT2D eigenvalue weighted by molar-refractivity contribution is -0.137. The third kappa shape index (κ3) is 3.20. The second-order valence-corrected chi connectivity index (χ2v) is 7.65. The van der Waals surface area contributed by atoms with Crippen molar-refractivity contribution in [2.24, 2.45) is 0 Å². The maximum atomic E-state index is 12.9. The van der Waals surface area contributed by atoms with Gasteiger partial charge >= 0.3 is 5.97 Å². The van der Waals surface area contributed by atoms with Crippen LogP contribution in [0.4, 0.5) is 11.4 Å². The molecular formula is C17H16N2O5S. The van der Waals surface area contributed by atoms with Gasteiger partial charge < -0.3 is 15.7 Å². The molecule has 1 amide bonds. The van der Waals surface area contributed by atoms with Crippen LogP contribution in [0.3, 0.4) is 0 Å². The Balaban J connectivity index is 1.98. The number of hydrogen-bond acceptors (Lipinski definition) is 5. The van der Waals surface area contributed by atoms with E-state index in [0.29, 0.717) is 16.9 Å². The van der Waals surface area contributed by atoms with Gasteiger partial charge in [-0.05, 0) is 42.0 Å². The van der Waals surface area contributed by atoms with Crippen molar-refractivity contribution in [2.75, 3.05) is 10.6 Å². The van der Waals surface area contributed by atoms with E-state index < -0.39 is 21.8 Å². The van der Waals surface area contributed by atoms with Gasteiger partial charge in [0.15, 0.2) is 0 Å². The third-order valence-corrected chi connectivity index (χ3v) is 5.80. The average Bonchev–Trinajstić information content (AvgIpc) is 2.99. The zero-order chi connectivity index (χ0) is 18.2. The van der Waals surface area contributed by atoms with Crippen molar-refractivity contribution in [1.82, 2.24) is 0 Å². The summed E-state index contributed by atoms with van der Waals surface area (Å²) in [4.78, 5) is 22.4. The van der Waals surface area contributed by atoms with Crippen molar-refractivity contribution in [3.05, 3.63) is 48.0 Å². The lowest BCUT2D eigenvalue weighted by Gasteiger charge is -2.10. The van der Waals surface area contributed by atoms with Crippen LogP contribution in [0, 0.1) is 0 Å². The number of rotatable bonds is 4. The van der Waals surface area contributed by atoms with Gasteiger partial charge in [0, 0.05) is 24.7 Å². The number of nitrogens with one attached hydrogen (secondary N) is 2. The van der Waals surface area contributed by atoms with Gasteiger partial charge in [0.2, 0.25) is 15.7 Å². The Morgan fingerprint density at radius 3 is 2.44 bits per heavy atom. The fourth-order valence-corrected chi connectivity index (χ4v) is 4.33. The van der Waals surface area contributed by atoms with E-state index >= 15 is 0 Å². The van der Waals surface area contributed by atoms with E-state index in [1.807, 2.05) is 0 Å². The summed E-state index contributed by atoms with van der Waals surface area (Å²) in [6.45, 7) is 1.36. The van der Waals surface area contributed by atoms with Crippen LogP contribution in [0.1, 0.15) is 12.5 Å². The summed E-state index contributed by atoms with van der Waals surface area (Å²) >= 11 is 0. The lowest BCUT2D eigenvalue weighted by atomic mass is 10.1. The maximum Gasteiger partial charge on any atom is 0.326 e. The first-order valence-electron chi connectivity index (χ1n) is 7.53. The van der Waals surface area contributed by atoms with Gasteiger partial charge in [0.25, 0.3) is 0 Å². The number of anilines is 2. The molecular weight excluding hydrogens is 344 g/mol. The van der Waals surface area contributed by atoms with Crippen molar-refractivity contribution in [3.8, 4) is 0 Å². The molecule has 1 atom stereocenters. The number of aliphatic carboxylic acids is 1. The summed E-state index contributed by atoms with van der Waals surface area (Å²) < 4.78 is 25.9. The highest BCUT2D eigenvalue weighted by atomic mass is 32.2. The molecule has 0 aliphatic carbocycles. The summed E-state index contributed by atoms with van der Waals surface area (Å²) in [5.74, 6) is -1.28. The van der Waals surface area contributed by atoms with E-state index in [9.17, 15) is 18.0 Å². The number of amides is 1. The van der Waals surface area contributed by atoms with E-state index in [4.69, 9.17) is 5.11 Å². The van der Waals surface area contributed by atoms with Gasteiger partial charge in [-0.1, -0.05) is 6.07 Å². The predicted octanol–water partition coefficient (Wildman–Crippen LogP) is 1.90. The molecule has 1 heterocycles. The Hall–Kier alpha value is -2.87. The molecule has 25 heavy (non-hydrogen) atoms. The van der Waals surface area contributed by atoms with E-state index in [1.54, 1.807) is 12.1 Å². The third-order valence-electron chi connectivity index (χ3n) is 3.94. The summed E-state index contributed by atoms with van der Waals surface area (Å²) in [7, 11) is -3.80. The number of carbonyl (C=O) groups excluding carboxylic acids is 1. The standard InChI is InChI=1S/C17H16N2O5S/c1-10(20)18-11-5-7-12(8-6-11)25(23,24)16-4-2-3-14-13(16)9-15(19-14)17(21)22/h2-8,15,19H,9H2,1H3,(H,18,20)(H,21,22). The maximum absolute atomic E-state index is 12.9. The monoisotopic (exact) mass is 360 g/mol. The fraction of sp³-hybridized carbons (Fsp3) is 0.176. The molecule has 2 aromatic carbocycles. The van der Waals surface area contributed by atoms with Gasteiger partial charge in [-0.3, -0.25) is 4.79 Å². The molecule has 0 radical (unpaired) electrons. The van der Waals surface area contributed by atoms with Crippen molar-refractivity contribution in [1.29, 1.82) is 0 Å². The van der Waals surface area contributed by atoms with Crippen LogP contribution >= 0.6 is 0 Å². The molecule has 7 nitrogen and oxygen atoms in total. The summed E-state index contributed by atoms with van der Waals surface area (Å²) in [6.07, 6.45) is 0.101. The van der Waals surface area contributed by atoms with Crippen molar-refractivity contribution in [2.45, 2.75) is 29.2 Å². The Bertz CT molecular complexity index is 952. The molecule has 1 aliphatic heterocycles. The van der Waals surface area contributed by atoms with Crippen molar-refractivity contribution in [3.63, 3.8) is 0 Å². The lowest BCUT2D eigenvalue weighted by Crippen LogP contribution is -2.26. The minimum Gasteiger partial charge on any atom is -0.480 e. The van der Waals surface area contributed by atoms with Crippen LogP contribution in [0.5, 0.6) is 0 Å². The van der Waals surface area contributed by atoms with Gasteiger partial charge in [-0.2, -0.15) is 0 Å². The van der Waals surface area contributed by atoms with Gasteiger partial charge in [0.05, 0.1) is 9.79 Å². The van der Waals surface area contributed by atoms with E-state index in [-0.39, 0.29) is 22.1 Å². The quantitative estimate of drug-likeness (QED) is 0.768. The van der Waals surface area contributed by atoms with E-state index in [2.05, 4.69) is 10.6 Å². The Morgan fingerprint density at radius 2 is 1.84 bits per heavy atom. The van der Waals surface area contributed by atoms with Crippen LogP contribution < -0.4 is 10.6 Å². The van der Waals surface area contributed by atoms with Gasteiger partial charge in [0.1, 0.15) is 6.04 Å². The molecule has 0 fully saturated rings. The fourth-order valence-electron chi connectivity index (χ4n) is 2.80. The predicted molar refractivity (Wildman–Crippen MR) is 91.4 cm³/mol. The molecule has 8 heteroatoms. The SMILES string of the molecule is CC(=O)Nc1ccc(S(=O)(=O)c2cccc3c2CC(C(=O)O)N3)cc1. The van der Waals surface area contributed by atoms with Crippen LogP contribution in [-0.2, 0) is 25.8 Å².